The number of carbonyl (C=O) groups is 3. The largest absolute Gasteiger partial charge is 0.529 e. The summed E-state index contributed by atoms with van der Waals surface area (Å²) in [5.74, 6) is -0.207. The first kappa shape index (κ1) is 17.7. The van der Waals surface area contributed by atoms with Crippen molar-refractivity contribution in [3.63, 3.8) is 0 Å². The van der Waals surface area contributed by atoms with Crippen LogP contribution in [-0.2, 0) is 9.59 Å². The van der Waals surface area contributed by atoms with Gasteiger partial charge in [-0.3, -0.25) is 14.5 Å². The average molecular weight is 401 g/mol. The van der Waals surface area contributed by atoms with E-state index in [-0.39, 0.29) is 22.5 Å². The second kappa shape index (κ2) is 6.35. The summed E-state index contributed by atoms with van der Waals surface area (Å²) in [6.07, 6.45) is 1.09. The van der Waals surface area contributed by atoms with Gasteiger partial charge >= 0.3 is 0 Å². The second-order valence-corrected chi connectivity index (χ2v) is 6.76. The minimum atomic E-state index is -1.45. The highest BCUT2D eigenvalue weighted by molar-refractivity contribution is 6.38. The first-order valence-electron chi connectivity index (χ1n) is 9.00. The summed E-state index contributed by atoms with van der Waals surface area (Å²) in [4.78, 5) is 38.5. The molecule has 0 saturated heterocycles. The van der Waals surface area contributed by atoms with Crippen molar-refractivity contribution < 1.29 is 29.0 Å². The highest BCUT2D eigenvalue weighted by Crippen LogP contribution is 2.40. The number of hydrogen-bond acceptors (Lipinski definition) is 6. The molecule has 2 aromatic carbocycles. The maximum atomic E-state index is 13.0. The van der Waals surface area contributed by atoms with E-state index in [1.807, 2.05) is 0 Å². The Labute approximate surface area is 169 Å². The van der Waals surface area contributed by atoms with Crippen molar-refractivity contribution in [2.45, 2.75) is 0 Å². The smallest absolute Gasteiger partial charge is 0.265 e. The Balaban J connectivity index is 1.75. The van der Waals surface area contributed by atoms with Gasteiger partial charge in [0.05, 0.1) is 16.7 Å². The number of para-hydroxylation sites is 3. The van der Waals surface area contributed by atoms with Gasteiger partial charge in [0.15, 0.2) is 17.3 Å². The molecule has 2 aliphatic heterocycles. The van der Waals surface area contributed by atoms with E-state index in [9.17, 15) is 19.5 Å². The van der Waals surface area contributed by atoms with E-state index in [1.165, 1.54) is 19.5 Å². The molecule has 2 amide bonds. The molecule has 0 radical (unpaired) electrons. The van der Waals surface area contributed by atoms with Crippen LogP contribution in [0.5, 0.6) is 11.5 Å². The SMILES string of the molecule is CN1C(=O)C(C2=COc3ccccc3O2)=C(c2cn(C(=O)[O-])c3ccccc23)C1=O. The molecule has 0 saturated carbocycles. The van der Waals surface area contributed by atoms with Crippen molar-refractivity contribution in [1.29, 1.82) is 0 Å². The summed E-state index contributed by atoms with van der Waals surface area (Å²) >= 11 is 0. The van der Waals surface area contributed by atoms with Crippen LogP contribution in [0.3, 0.4) is 0 Å². The van der Waals surface area contributed by atoms with Crippen LogP contribution < -0.4 is 14.6 Å². The quantitative estimate of drug-likeness (QED) is 0.608. The molecular formula is C22H13N2O6-. The molecule has 0 unspecified atom stereocenters. The maximum absolute atomic E-state index is 13.0. The summed E-state index contributed by atoms with van der Waals surface area (Å²) in [6.45, 7) is 0. The summed E-state index contributed by atoms with van der Waals surface area (Å²) < 4.78 is 12.3. The van der Waals surface area contributed by atoms with Gasteiger partial charge in [-0.15, -0.1) is 0 Å². The van der Waals surface area contributed by atoms with E-state index in [0.717, 1.165) is 9.47 Å². The molecule has 3 heterocycles. The lowest BCUT2D eigenvalue weighted by atomic mass is 10.00. The van der Waals surface area contributed by atoms with Crippen LogP contribution in [-0.4, -0.2) is 34.4 Å². The van der Waals surface area contributed by atoms with E-state index in [2.05, 4.69) is 0 Å². The van der Waals surface area contributed by atoms with Gasteiger partial charge in [-0.05, 0) is 18.2 Å². The van der Waals surface area contributed by atoms with Crippen molar-refractivity contribution in [3.05, 3.63) is 77.9 Å². The number of likely N-dealkylation sites (N-methyl/N-ethyl adjacent to an activating group) is 1. The Morgan fingerprint density at radius 1 is 0.933 bits per heavy atom. The van der Waals surface area contributed by atoms with Crippen molar-refractivity contribution in [3.8, 4) is 11.5 Å². The van der Waals surface area contributed by atoms with Crippen LogP contribution in [0.2, 0.25) is 0 Å². The Kier molecular flexibility index (Phi) is 3.75. The van der Waals surface area contributed by atoms with E-state index in [0.29, 0.717) is 22.4 Å². The molecular weight excluding hydrogens is 388 g/mol. The number of ether oxygens (including phenoxy) is 2. The average Bonchev–Trinajstić information content (AvgIpc) is 3.24. The van der Waals surface area contributed by atoms with Gasteiger partial charge in [0, 0.05) is 24.2 Å². The predicted octanol–water partition coefficient (Wildman–Crippen LogP) is 1.90. The van der Waals surface area contributed by atoms with Gasteiger partial charge in [0.25, 0.3) is 11.8 Å². The number of aromatic nitrogens is 1. The lowest BCUT2D eigenvalue weighted by Crippen LogP contribution is -2.28. The highest BCUT2D eigenvalue weighted by atomic mass is 16.6. The molecule has 2 aliphatic rings. The third-order valence-electron chi connectivity index (χ3n) is 5.07. The van der Waals surface area contributed by atoms with Crippen molar-refractivity contribution in [2.75, 3.05) is 7.05 Å². The number of fused-ring (bicyclic) bond motifs is 2. The summed E-state index contributed by atoms with van der Waals surface area (Å²) in [6, 6.07) is 13.6. The van der Waals surface area contributed by atoms with E-state index >= 15 is 0 Å². The molecule has 0 fully saturated rings. The molecule has 8 heteroatoms. The zero-order valence-electron chi connectivity index (χ0n) is 15.6. The molecule has 0 aliphatic carbocycles. The lowest BCUT2D eigenvalue weighted by Gasteiger charge is -2.18. The highest BCUT2D eigenvalue weighted by Gasteiger charge is 2.41. The van der Waals surface area contributed by atoms with Crippen LogP contribution in [0.15, 0.2) is 72.3 Å². The zero-order chi connectivity index (χ0) is 21.0. The fourth-order valence-electron chi connectivity index (χ4n) is 3.65. The molecule has 1 aromatic heterocycles. The van der Waals surface area contributed by atoms with Crippen LogP contribution >= 0.6 is 0 Å². The third-order valence-corrected chi connectivity index (χ3v) is 5.07. The van der Waals surface area contributed by atoms with Gasteiger partial charge in [0.1, 0.15) is 12.4 Å². The third kappa shape index (κ3) is 2.44. The maximum Gasteiger partial charge on any atom is 0.265 e. The van der Waals surface area contributed by atoms with Crippen LogP contribution in [0.1, 0.15) is 5.56 Å². The summed E-state index contributed by atoms with van der Waals surface area (Å²) in [5.41, 5.74) is 0.663. The standard InChI is InChI=1S/C22H14N2O6/c1-23-20(25)18(13-10-24(22(27)28)14-7-3-2-6-12(13)14)19(21(23)26)17-11-29-15-8-4-5-9-16(15)30-17/h2-11H,1H3,(H,27,28)/p-1. The fourth-order valence-corrected chi connectivity index (χ4v) is 3.65. The van der Waals surface area contributed by atoms with E-state index in [4.69, 9.17) is 9.47 Å². The Morgan fingerprint density at radius 2 is 1.60 bits per heavy atom. The number of carbonyl (C=O) groups excluding carboxylic acids is 3. The van der Waals surface area contributed by atoms with Gasteiger partial charge in [-0.25, -0.2) is 0 Å². The molecule has 0 spiro atoms. The molecule has 0 bridgehead atoms. The van der Waals surface area contributed by atoms with Crippen molar-refractivity contribution in [1.82, 2.24) is 9.47 Å². The Hall–Kier alpha value is -4.33. The summed E-state index contributed by atoms with van der Waals surface area (Å²) in [5, 5.41) is 12.1. The van der Waals surface area contributed by atoms with Gasteiger partial charge in [0.2, 0.25) is 0 Å². The normalized spacial score (nSPS) is 15.8. The van der Waals surface area contributed by atoms with Gasteiger partial charge in [-0.2, -0.15) is 0 Å². The molecule has 0 atom stereocenters. The molecule has 0 N–H and O–H groups in total. The minimum Gasteiger partial charge on any atom is -0.529 e. The Morgan fingerprint density at radius 3 is 2.37 bits per heavy atom. The molecule has 8 nitrogen and oxygen atoms in total. The first-order chi connectivity index (χ1) is 14.5. The monoisotopic (exact) mass is 401 g/mol. The van der Waals surface area contributed by atoms with E-state index < -0.39 is 17.9 Å². The van der Waals surface area contributed by atoms with Crippen LogP contribution in [0.25, 0.3) is 16.5 Å². The summed E-state index contributed by atoms with van der Waals surface area (Å²) in [7, 11) is 1.35. The number of carboxylic acid groups (broad SMARTS) is 1. The number of hydrogen-bond donors (Lipinski definition) is 0. The number of amides is 2. The molecule has 5 rings (SSSR count). The first-order valence-corrected chi connectivity index (χ1v) is 9.00. The van der Waals surface area contributed by atoms with Crippen molar-refractivity contribution >= 4 is 34.4 Å². The number of imide groups is 1. The fraction of sp³-hybridized carbons (Fsp3) is 0.0455. The van der Waals surface area contributed by atoms with E-state index in [1.54, 1.807) is 48.5 Å². The van der Waals surface area contributed by atoms with Crippen LogP contribution in [0.4, 0.5) is 4.79 Å². The van der Waals surface area contributed by atoms with Crippen molar-refractivity contribution in [2.24, 2.45) is 0 Å². The Bertz CT molecular complexity index is 1330. The molecule has 3 aromatic rings. The molecule has 148 valence electrons. The zero-order valence-corrected chi connectivity index (χ0v) is 15.6. The number of benzene rings is 2. The van der Waals surface area contributed by atoms with Crippen LogP contribution in [0, 0.1) is 0 Å². The van der Waals surface area contributed by atoms with Gasteiger partial charge < -0.3 is 23.9 Å². The number of rotatable bonds is 2. The predicted molar refractivity (Wildman–Crippen MR) is 103 cm³/mol. The second-order valence-electron chi connectivity index (χ2n) is 6.76. The number of nitrogens with zero attached hydrogens (tertiary/aromatic N) is 2. The minimum absolute atomic E-state index is 0.00162. The lowest BCUT2D eigenvalue weighted by molar-refractivity contribution is -0.249. The molecule has 30 heavy (non-hydrogen) atoms. The topological polar surface area (TPSA) is 101 Å². The van der Waals surface area contributed by atoms with Gasteiger partial charge in [-0.1, -0.05) is 30.3 Å².